The highest BCUT2D eigenvalue weighted by Gasteiger charge is 2.09. The molecule has 1 atom stereocenters. The molecule has 0 aromatic carbocycles. The molecule has 1 heterocycles. The molecule has 0 radical (unpaired) electrons. The van der Waals surface area contributed by atoms with E-state index in [1.807, 2.05) is 6.92 Å². The van der Waals surface area contributed by atoms with Crippen LogP contribution in [0.4, 0.5) is 0 Å². The summed E-state index contributed by atoms with van der Waals surface area (Å²) in [6, 6.07) is 0. The number of alkyl halides is 1. The van der Waals surface area contributed by atoms with Crippen LogP contribution >= 0.6 is 39.1 Å². The summed E-state index contributed by atoms with van der Waals surface area (Å²) in [6.07, 6.45) is 2.09. The Bertz CT molecular complexity index is 258. The summed E-state index contributed by atoms with van der Waals surface area (Å²) < 4.78 is 0. The van der Waals surface area contributed by atoms with E-state index in [2.05, 4.69) is 25.9 Å². The quantitative estimate of drug-likeness (QED) is 0.609. The number of aromatic nitrogens is 2. The maximum absolute atomic E-state index is 5.82. The maximum atomic E-state index is 5.82. The summed E-state index contributed by atoms with van der Waals surface area (Å²) >= 11 is 15.0. The maximum Gasteiger partial charge on any atom is 0.137 e. The molecule has 0 aliphatic rings. The molecule has 0 aliphatic heterocycles. The van der Waals surface area contributed by atoms with Gasteiger partial charge in [-0.25, -0.2) is 9.97 Å². The van der Waals surface area contributed by atoms with Gasteiger partial charge in [-0.1, -0.05) is 46.1 Å². The lowest BCUT2D eigenvalue weighted by Crippen LogP contribution is -2.00. The van der Waals surface area contributed by atoms with Crippen LogP contribution in [-0.2, 0) is 6.42 Å². The lowest BCUT2D eigenvalue weighted by Gasteiger charge is -2.05. The van der Waals surface area contributed by atoms with E-state index in [0.717, 1.165) is 12.0 Å². The molecular formula is C7H7BrCl2N2. The molecule has 1 aromatic rings. The molecule has 0 saturated carbocycles. The van der Waals surface area contributed by atoms with Gasteiger partial charge in [-0.15, -0.1) is 0 Å². The molecule has 2 nitrogen and oxygen atoms in total. The second-order valence-electron chi connectivity index (χ2n) is 2.42. The standard InChI is InChI=1S/C7H7BrCl2N2/c1-4(8)2-5-6(9)11-3-12-7(5)10/h3-4H,2H2,1H3. The molecule has 0 N–H and O–H groups in total. The van der Waals surface area contributed by atoms with Gasteiger partial charge >= 0.3 is 0 Å². The minimum atomic E-state index is 0.318. The fraction of sp³-hybridized carbons (Fsp3) is 0.429. The minimum Gasteiger partial charge on any atom is -0.224 e. The third-order valence-electron chi connectivity index (χ3n) is 1.33. The third-order valence-corrected chi connectivity index (χ3v) is 2.30. The molecule has 1 unspecified atom stereocenters. The van der Waals surface area contributed by atoms with Gasteiger partial charge in [0.25, 0.3) is 0 Å². The van der Waals surface area contributed by atoms with Gasteiger partial charge in [-0.3, -0.25) is 0 Å². The molecule has 5 heteroatoms. The number of hydrogen-bond acceptors (Lipinski definition) is 2. The van der Waals surface area contributed by atoms with Crippen LogP contribution in [0.15, 0.2) is 6.33 Å². The van der Waals surface area contributed by atoms with E-state index in [-0.39, 0.29) is 0 Å². The first-order valence-corrected chi connectivity index (χ1v) is 5.07. The van der Waals surface area contributed by atoms with Crippen molar-refractivity contribution in [2.75, 3.05) is 0 Å². The summed E-state index contributed by atoms with van der Waals surface area (Å²) in [4.78, 5) is 8.00. The molecule has 0 fully saturated rings. The monoisotopic (exact) mass is 268 g/mol. The van der Waals surface area contributed by atoms with Crippen molar-refractivity contribution in [2.24, 2.45) is 0 Å². The lowest BCUT2D eigenvalue weighted by molar-refractivity contribution is 0.933. The molecule has 0 saturated heterocycles. The summed E-state index contributed by atoms with van der Waals surface area (Å²) in [7, 11) is 0. The Balaban J connectivity index is 2.96. The fourth-order valence-corrected chi connectivity index (χ4v) is 1.61. The van der Waals surface area contributed by atoms with E-state index in [1.165, 1.54) is 6.33 Å². The molecule has 0 spiro atoms. The Morgan fingerprint density at radius 1 is 1.42 bits per heavy atom. The summed E-state index contributed by atoms with van der Waals surface area (Å²) in [6.45, 7) is 2.01. The average molecular weight is 270 g/mol. The zero-order chi connectivity index (χ0) is 9.14. The largest absolute Gasteiger partial charge is 0.224 e. The molecule has 1 rings (SSSR count). The highest BCUT2D eigenvalue weighted by Crippen LogP contribution is 2.22. The predicted octanol–water partition coefficient (Wildman–Crippen LogP) is 3.11. The highest BCUT2D eigenvalue weighted by molar-refractivity contribution is 9.09. The van der Waals surface area contributed by atoms with Crippen LogP contribution < -0.4 is 0 Å². The van der Waals surface area contributed by atoms with Gasteiger partial charge in [0.15, 0.2) is 0 Å². The van der Waals surface area contributed by atoms with E-state index in [4.69, 9.17) is 23.2 Å². The van der Waals surface area contributed by atoms with Crippen molar-refractivity contribution >= 4 is 39.1 Å². The van der Waals surface area contributed by atoms with Gasteiger partial charge in [-0.2, -0.15) is 0 Å². The Hall–Kier alpha value is 0.140. The zero-order valence-electron chi connectivity index (χ0n) is 6.39. The molecule has 0 aliphatic carbocycles. The van der Waals surface area contributed by atoms with Crippen LogP contribution in [0.2, 0.25) is 10.3 Å². The number of halogens is 3. The second kappa shape index (κ2) is 4.40. The topological polar surface area (TPSA) is 25.8 Å². The Morgan fingerprint density at radius 3 is 2.33 bits per heavy atom. The number of hydrogen-bond donors (Lipinski definition) is 0. The van der Waals surface area contributed by atoms with Crippen LogP contribution in [0.5, 0.6) is 0 Å². The van der Waals surface area contributed by atoms with Crippen LogP contribution in [-0.4, -0.2) is 14.8 Å². The molecule has 0 bridgehead atoms. The Kier molecular flexibility index (Phi) is 3.75. The van der Waals surface area contributed by atoms with Crippen molar-refractivity contribution in [3.8, 4) is 0 Å². The van der Waals surface area contributed by atoms with Crippen LogP contribution in [0.25, 0.3) is 0 Å². The molecule has 12 heavy (non-hydrogen) atoms. The Labute approximate surface area is 89.4 Å². The predicted molar refractivity (Wildman–Crippen MR) is 54.1 cm³/mol. The van der Waals surface area contributed by atoms with E-state index in [9.17, 15) is 0 Å². The number of rotatable bonds is 2. The Morgan fingerprint density at radius 2 is 1.92 bits per heavy atom. The summed E-state index contributed by atoms with van der Waals surface area (Å²) in [5, 5.41) is 0.864. The van der Waals surface area contributed by atoms with Crippen molar-refractivity contribution < 1.29 is 0 Å². The van der Waals surface area contributed by atoms with Gasteiger partial charge in [0.2, 0.25) is 0 Å². The first kappa shape index (κ1) is 10.2. The van der Waals surface area contributed by atoms with Crippen LogP contribution in [0.3, 0.4) is 0 Å². The first-order valence-electron chi connectivity index (χ1n) is 3.40. The SMILES string of the molecule is CC(Br)Cc1c(Cl)ncnc1Cl. The minimum absolute atomic E-state index is 0.318. The molecule has 66 valence electrons. The fourth-order valence-electron chi connectivity index (χ4n) is 0.821. The molecular weight excluding hydrogens is 263 g/mol. The third kappa shape index (κ3) is 2.57. The lowest BCUT2D eigenvalue weighted by atomic mass is 10.2. The smallest absolute Gasteiger partial charge is 0.137 e. The van der Waals surface area contributed by atoms with E-state index >= 15 is 0 Å². The van der Waals surface area contributed by atoms with E-state index in [1.54, 1.807) is 0 Å². The molecule has 1 aromatic heterocycles. The normalized spacial score (nSPS) is 13.0. The van der Waals surface area contributed by atoms with Gasteiger partial charge < -0.3 is 0 Å². The van der Waals surface area contributed by atoms with Crippen LogP contribution in [0.1, 0.15) is 12.5 Å². The van der Waals surface area contributed by atoms with Crippen LogP contribution in [0, 0.1) is 0 Å². The number of nitrogens with zero attached hydrogens (tertiary/aromatic N) is 2. The van der Waals surface area contributed by atoms with Gasteiger partial charge in [-0.05, 0) is 6.42 Å². The average Bonchev–Trinajstić information content (AvgIpc) is 1.97. The van der Waals surface area contributed by atoms with Gasteiger partial charge in [0, 0.05) is 10.4 Å². The van der Waals surface area contributed by atoms with Crippen molar-refractivity contribution in [1.82, 2.24) is 9.97 Å². The van der Waals surface area contributed by atoms with E-state index < -0.39 is 0 Å². The molecule has 0 amide bonds. The van der Waals surface area contributed by atoms with Gasteiger partial charge in [0.1, 0.15) is 16.6 Å². The van der Waals surface area contributed by atoms with Crippen molar-refractivity contribution in [3.05, 3.63) is 22.2 Å². The zero-order valence-corrected chi connectivity index (χ0v) is 9.49. The van der Waals surface area contributed by atoms with Crippen molar-refractivity contribution in [1.29, 1.82) is 0 Å². The summed E-state index contributed by atoms with van der Waals surface area (Å²) in [5.74, 6) is 0. The highest BCUT2D eigenvalue weighted by atomic mass is 79.9. The van der Waals surface area contributed by atoms with Crippen molar-refractivity contribution in [2.45, 2.75) is 18.2 Å². The van der Waals surface area contributed by atoms with Gasteiger partial charge in [0.05, 0.1) is 0 Å². The second-order valence-corrected chi connectivity index (χ2v) is 4.70. The summed E-state index contributed by atoms with van der Waals surface area (Å²) in [5.41, 5.74) is 0.796. The first-order chi connectivity index (χ1) is 5.61. The van der Waals surface area contributed by atoms with Crippen molar-refractivity contribution in [3.63, 3.8) is 0 Å². The van der Waals surface area contributed by atoms with E-state index in [0.29, 0.717) is 15.1 Å².